The van der Waals surface area contributed by atoms with Crippen LogP contribution < -0.4 is 4.90 Å². The maximum Gasteiger partial charge on any atom is 0.246 e. The Morgan fingerprint density at radius 3 is 2.81 bits per heavy atom. The van der Waals surface area contributed by atoms with E-state index in [1.54, 1.807) is 33.8 Å². The van der Waals surface area contributed by atoms with Gasteiger partial charge >= 0.3 is 0 Å². The first-order chi connectivity index (χ1) is 13.0. The van der Waals surface area contributed by atoms with E-state index in [1.165, 1.54) is 0 Å². The smallest absolute Gasteiger partial charge is 0.246 e. The second kappa shape index (κ2) is 6.77. The number of nitrogens with zero attached hydrogens (tertiary/aromatic N) is 6. The van der Waals surface area contributed by atoms with Crippen LogP contribution in [0.4, 0.5) is 5.69 Å². The molecule has 1 spiro atoms. The molecule has 8 nitrogen and oxygen atoms in total. The van der Waals surface area contributed by atoms with Crippen LogP contribution in [0.3, 0.4) is 0 Å². The fourth-order valence-corrected chi connectivity index (χ4v) is 4.26. The lowest BCUT2D eigenvalue weighted by molar-refractivity contribution is -0.142. The third-order valence-electron chi connectivity index (χ3n) is 5.54. The number of aryl methyl sites for hydroxylation is 1. The standard InChI is InChI=1S/C19H24N6O2/c1-15(26)25-12-18(27)24(17-9-21-22(2)11-17)14-19(25)5-7-23(13-19)10-16-4-3-6-20-8-16/h3-4,6,8-9,11H,5,7,10,12-14H2,1-2H3/t19-/m0/s1. The Kier molecular flexibility index (Phi) is 4.43. The number of anilines is 1. The van der Waals surface area contributed by atoms with Crippen LogP contribution in [0.15, 0.2) is 36.9 Å². The summed E-state index contributed by atoms with van der Waals surface area (Å²) in [6, 6.07) is 4.00. The number of carbonyl (C=O) groups excluding carboxylic acids is 2. The summed E-state index contributed by atoms with van der Waals surface area (Å²) >= 11 is 0. The minimum Gasteiger partial charge on any atom is -0.325 e. The third kappa shape index (κ3) is 3.32. The Labute approximate surface area is 158 Å². The van der Waals surface area contributed by atoms with Crippen molar-refractivity contribution in [3.63, 3.8) is 0 Å². The Balaban J connectivity index is 1.58. The molecule has 2 aliphatic rings. The number of hydrogen-bond acceptors (Lipinski definition) is 5. The molecule has 0 aromatic carbocycles. The van der Waals surface area contributed by atoms with Crippen molar-refractivity contribution < 1.29 is 9.59 Å². The number of likely N-dealkylation sites (tertiary alicyclic amines) is 1. The van der Waals surface area contributed by atoms with Crippen molar-refractivity contribution in [1.29, 1.82) is 0 Å². The first-order valence-corrected chi connectivity index (χ1v) is 9.15. The molecule has 4 rings (SSSR count). The highest BCUT2D eigenvalue weighted by molar-refractivity contribution is 5.98. The monoisotopic (exact) mass is 368 g/mol. The maximum atomic E-state index is 12.7. The zero-order valence-corrected chi connectivity index (χ0v) is 15.7. The van der Waals surface area contributed by atoms with Gasteiger partial charge in [-0.05, 0) is 18.1 Å². The number of rotatable bonds is 3. The van der Waals surface area contributed by atoms with Gasteiger partial charge in [-0.3, -0.25) is 24.2 Å². The second-order valence-electron chi connectivity index (χ2n) is 7.50. The maximum absolute atomic E-state index is 12.7. The molecule has 0 radical (unpaired) electrons. The van der Waals surface area contributed by atoms with Crippen molar-refractivity contribution >= 4 is 17.5 Å². The van der Waals surface area contributed by atoms with Crippen molar-refractivity contribution in [1.82, 2.24) is 24.6 Å². The summed E-state index contributed by atoms with van der Waals surface area (Å²) in [6.45, 7) is 4.59. The minimum absolute atomic E-state index is 0.0441. The Hall–Kier alpha value is -2.74. The van der Waals surface area contributed by atoms with Crippen LogP contribution in [0.5, 0.6) is 0 Å². The van der Waals surface area contributed by atoms with Gasteiger partial charge in [-0.1, -0.05) is 6.07 Å². The molecule has 2 aromatic heterocycles. The summed E-state index contributed by atoms with van der Waals surface area (Å²) < 4.78 is 1.69. The summed E-state index contributed by atoms with van der Waals surface area (Å²) in [7, 11) is 1.83. The summed E-state index contributed by atoms with van der Waals surface area (Å²) in [4.78, 5) is 35.1. The molecule has 8 heteroatoms. The summed E-state index contributed by atoms with van der Waals surface area (Å²) in [5, 5.41) is 4.19. The van der Waals surface area contributed by atoms with Crippen LogP contribution in [0, 0.1) is 0 Å². The van der Waals surface area contributed by atoms with Gasteiger partial charge in [0.25, 0.3) is 0 Å². The van der Waals surface area contributed by atoms with Gasteiger partial charge in [0.15, 0.2) is 0 Å². The van der Waals surface area contributed by atoms with E-state index in [-0.39, 0.29) is 23.9 Å². The molecule has 0 unspecified atom stereocenters. The molecule has 2 amide bonds. The van der Waals surface area contributed by atoms with Crippen LogP contribution in [-0.2, 0) is 23.2 Å². The topological polar surface area (TPSA) is 74.6 Å². The van der Waals surface area contributed by atoms with Crippen molar-refractivity contribution in [2.45, 2.75) is 25.4 Å². The van der Waals surface area contributed by atoms with Crippen LogP contribution in [0.2, 0.25) is 0 Å². The Bertz CT molecular complexity index is 851. The molecule has 0 bridgehead atoms. The Morgan fingerprint density at radius 1 is 1.30 bits per heavy atom. The average molecular weight is 368 g/mol. The zero-order valence-electron chi connectivity index (χ0n) is 15.7. The fourth-order valence-electron chi connectivity index (χ4n) is 4.26. The highest BCUT2D eigenvalue weighted by Crippen LogP contribution is 2.35. The molecule has 0 aliphatic carbocycles. The molecule has 4 heterocycles. The number of aromatic nitrogens is 3. The normalized spacial score (nSPS) is 23.4. The van der Waals surface area contributed by atoms with Crippen LogP contribution in [0.25, 0.3) is 0 Å². The van der Waals surface area contributed by atoms with E-state index in [4.69, 9.17) is 0 Å². The van der Waals surface area contributed by atoms with Gasteiger partial charge in [0.2, 0.25) is 11.8 Å². The molecular weight excluding hydrogens is 344 g/mol. The molecule has 2 fully saturated rings. The van der Waals surface area contributed by atoms with Gasteiger partial charge in [-0.15, -0.1) is 0 Å². The third-order valence-corrected chi connectivity index (χ3v) is 5.54. The van der Waals surface area contributed by atoms with E-state index >= 15 is 0 Å². The lowest BCUT2D eigenvalue weighted by Gasteiger charge is -2.48. The molecule has 2 aliphatic heterocycles. The quantitative estimate of drug-likeness (QED) is 0.795. The number of amides is 2. The van der Waals surface area contributed by atoms with E-state index in [9.17, 15) is 9.59 Å². The first kappa shape index (κ1) is 17.7. The molecular formula is C19H24N6O2. The number of carbonyl (C=O) groups is 2. The van der Waals surface area contributed by atoms with E-state index in [2.05, 4.69) is 21.0 Å². The predicted molar refractivity (Wildman–Crippen MR) is 99.8 cm³/mol. The summed E-state index contributed by atoms with van der Waals surface area (Å²) in [5.41, 5.74) is 1.58. The lowest BCUT2D eigenvalue weighted by Crippen LogP contribution is -2.66. The highest BCUT2D eigenvalue weighted by atomic mass is 16.2. The van der Waals surface area contributed by atoms with E-state index < -0.39 is 0 Å². The molecule has 1 atom stereocenters. The molecule has 2 saturated heterocycles. The molecule has 142 valence electrons. The van der Waals surface area contributed by atoms with Crippen LogP contribution >= 0.6 is 0 Å². The van der Waals surface area contributed by atoms with Gasteiger partial charge < -0.3 is 9.80 Å². The first-order valence-electron chi connectivity index (χ1n) is 9.15. The van der Waals surface area contributed by atoms with Crippen molar-refractivity contribution in [3.05, 3.63) is 42.5 Å². The molecule has 0 saturated carbocycles. The van der Waals surface area contributed by atoms with E-state index in [0.717, 1.165) is 37.3 Å². The molecule has 0 N–H and O–H groups in total. The van der Waals surface area contributed by atoms with Crippen LogP contribution in [0.1, 0.15) is 18.9 Å². The van der Waals surface area contributed by atoms with Gasteiger partial charge in [0.1, 0.15) is 6.54 Å². The van der Waals surface area contributed by atoms with Crippen molar-refractivity contribution in [2.75, 3.05) is 31.1 Å². The van der Waals surface area contributed by atoms with Crippen molar-refractivity contribution in [2.24, 2.45) is 7.05 Å². The predicted octanol–water partition coefficient (Wildman–Crippen LogP) is 0.655. The van der Waals surface area contributed by atoms with Gasteiger partial charge in [0.05, 0.1) is 24.0 Å². The minimum atomic E-state index is -0.363. The second-order valence-corrected chi connectivity index (χ2v) is 7.50. The van der Waals surface area contributed by atoms with Gasteiger partial charge in [-0.2, -0.15) is 5.10 Å². The van der Waals surface area contributed by atoms with Crippen molar-refractivity contribution in [3.8, 4) is 0 Å². The van der Waals surface area contributed by atoms with Gasteiger partial charge in [-0.25, -0.2) is 0 Å². The average Bonchev–Trinajstić information content (AvgIpc) is 3.24. The SMILES string of the molecule is CC(=O)N1CC(=O)N(c2cnn(C)c2)C[C@@]12CCN(Cc1cccnc1)C2. The summed E-state index contributed by atoms with van der Waals surface area (Å²) in [6.07, 6.45) is 8.04. The fraction of sp³-hybridized carbons (Fsp3) is 0.474. The number of piperazine rings is 1. The van der Waals surface area contributed by atoms with Gasteiger partial charge in [0, 0.05) is 52.2 Å². The Morgan fingerprint density at radius 2 is 2.15 bits per heavy atom. The lowest BCUT2D eigenvalue weighted by atomic mass is 9.92. The van der Waals surface area contributed by atoms with Crippen LogP contribution in [-0.4, -0.2) is 68.1 Å². The number of hydrogen-bond donors (Lipinski definition) is 0. The molecule has 27 heavy (non-hydrogen) atoms. The van der Waals surface area contributed by atoms with E-state index in [0.29, 0.717) is 6.54 Å². The number of pyridine rings is 1. The zero-order chi connectivity index (χ0) is 19.0. The summed E-state index contributed by atoms with van der Waals surface area (Å²) in [5.74, 6) is -0.105. The van der Waals surface area contributed by atoms with E-state index in [1.807, 2.05) is 25.5 Å². The molecule has 2 aromatic rings. The largest absolute Gasteiger partial charge is 0.325 e. The highest BCUT2D eigenvalue weighted by Gasteiger charge is 2.50.